The molecule has 2 heterocycles. The molecule has 4 nitrogen and oxygen atoms in total. The molecule has 0 spiro atoms. The highest BCUT2D eigenvalue weighted by atomic mass is 15.2. The van der Waals surface area contributed by atoms with E-state index < -0.39 is 0 Å². The maximum Gasteiger partial charge on any atom is 0.0938 e. The summed E-state index contributed by atoms with van der Waals surface area (Å²) in [5.41, 5.74) is 6.78. The first-order valence-corrected chi connectivity index (χ1v) is 11.7. The van der Waals surface area contributed by atoms with Crippen LogP contribution in [0.25, 0.3) is 21.8 Å². The Morgan fingerprint density at radius 2 is 1.06 bits per heavy atom. The number of benzene rings is 2. The van der Waals surface area contributed by atoms with Crippen molar-refractivity contribution in [2.45, 2.75) is 51.6 Å². The lowest BCUT2D eigenvalue weighted by molar-refractivity contribution is 0.364. The van der Waals surface area contributed by atoms with E-state index in [-0.39, 0.29) is 0 Å². The largest absolute Gasteiger partial charge is 0.368 e. The van der Waals surface area contributed by atoms with Gasteiger partial charge in [0, 0.05) is 48.3 Å². The molecule has 2 aromatic heterocycles. The quantitative estimate of drug-likeness (QED) is 0.386. The standard InChI is InChI=1S/C28H32N4/c1-19-15-17-21-9-7-13-25(27(21)29-19)31(3)23-11-5-6-12-24(23)32(4)26-14-8-10-22-18-16-20(2)30-28(22)26/h7-10,13-18,23-24H,5-6,11-12H2,1-4H3. The summed E-state index contributed by atoms with van der Waals surface area (Å²) in [6.07, 6.45) is 4.91. The summed E-state index contributed by atoms with van der Waals surface area (Å²) in [6, 6.07) is 22.5. The van der Waals surface area contributed by atoms with Gasteiger partial charge in [0.2, 0.25) is 0 Å². The number of hydrogen-bond acceptors (Lipinski definition) is 4. The van der Waals surface area contributed by atoms with E-state index in [0.29, 0.717) is 12.1 Å². The topological polar surface area (TPSA) is 32.3 Å². The van der Waals surface area contributed by atoms with E-state index in [4.69, 9.17) is 9.97 Å². The Morgan fingerprint density at radius 1 is 0.625 bits per heavy atom. The van der Waals surface area contributed by atoms with Crippen molar-refractivity contribution < 1.29 is 0 Å². The minimum absolute atomic E-state index is 0.418. The molecule has 2 unspecified atom stereocenters. The van der Waals surface area contributed by atoms with Gasteiger partial charge in [-0.05, 0) is 51.0 Å². The number of nitrogens with zero attached hydrogens (tertiary/aromatic N) is 4. The first-order chi connectivity index (χ1) is 15.5. The van der Waals surface area contributed by atoms with Gasteiger partial charge in [0.05, 0.1) is 22.4 Å². The third-order valence-electron chi connectivity index (χ3n) is 7.13. The van der Waals surface area contributed by atoms with Gasteiger partial charge in [-0.2, -0.15) is 0 Å². The summed E-state index contributed by atoms with van der Waals surface area (Å²) < 4.78 is 0. The maximum absolute atomic E-state index is 4.90. The predicted molar refractivity (Wildman–Crippen MR) is 136 cm³/mol. The Bertz CT molecular complexity index is 1170. The van der Waals surface area contributed by atoms with Crippen LogP contribution in [0.15, 0.2) is 60.7 Å². The summed E-state index contributed by atoms with van der Waals surface area (Å²) >= 11 is 0. The van der Waals surface area contributed by atoms with Gasteiger partial charge >= 0.3 is 0 Å². The molecular formula is C28H32N4. The van der Waals surface area contributed by atoms with Gasteiger partial charge in [-0.3, -0.25) is 9.97 Å². The molecule has 32 heavy (non-hydrogen) atoms. The number of fused-ring (bicyclic) bond motifs is 2. The fraction of sp³-hybridized carbons (Fsp3) is 0.357. The second-order valence-electron chi connectivity index (χ2n) is 9.24. The zero-order valence-electron chi connectivity index (χ0n) is 19.5. The van der Waals surface area contributed by atoms with Crippen molar-refractivity contribution in [1.29, 1.82) is 0 Å². The van der Waals surface area contributed by atoms with E-state index in [1.165, 1.54) is 47.8 Å². The minimum atomic E-state index is 0.418. The van der Waals surface area contributed by atoms with Crippen LogP contribution in [0.3, 0.4) is 0 Å². The van der Waals surface area contributed by atoms with Crippen molar-refractivity contribution in [2.75, 3.05) is 23.9 Å². The number of aryl methyl sites for hydroxylation is 2. The first kappa shape index (κ1) is 20.7. The second kappa shape index (κ2) is 8.42. The van der Waals surface area contributed by atoms with Gasteiger partial charge in [-0.1, -0.05) is 49.2 Å². The van der Waals surface area contributed by atoms with Crippen molar-refractivity contribution in [3.63, 3.8) is 0 Å². The number of hydrogen-bond donors (Lipinski definition) is 0. The highest BCUT2D eigenvalue weighted by Gasteiger charge is 2.33. The van der Waals surface area contributed by atoms with Crippen LogP contribution in [-0.4, -0.2) is 36.1 Å². The molecule has 1 aliphatic rings. The van der Waals surface area contributed by atoms with Crippen LogP contribution >= 0.6 is 0 Å². The monoisotopic (exact) mass is 424 g/mol. The van der Waals surface area contributed by atoms with Crippen LogP contribution in [0.2, 0.25) is 0 Å². The van der Waals surface area contributed by atoms with E-state index in [1.807, 2.05) is 0 Å². The molecule has 1 aliphatic carbocycles. The van der Waals surface area contributed by atoms with Crippen molar-refractivity contribution in [3.8, 4) is 0 Å². The summed E-state index contributed by atoms with van der Waals surface area (Å²) in [6.45, 7) is 4.14. The second-order valence-corrected chi connectivity index (χ2v) is 9.24. The van der Waals surface area contributed by atoms with E-state index in [1.54, 1.807) is 0 Å². The Morgan fingerprint density at radius 3 is 1.50 bits per heavy atom. The van der Waals surface area contributed by atoms with Crippen LogP contribution in [0, 0.1) is 13.8 Å². The molecule has 164 valence electrons. The Hall–Kier alpha value is -3.14. The lowest BCUT2D eigenvalue weighted by Gasteiger charge is -2.44. The fourth-order valence-corrected chi connectivity index (χ4v) is 5.38. The molecular weight excluding hydrogens is 392 g/mol. The summed E-state index contributed by atoms with van der Waals surface area (Å²) in [5.74, 6) is 0. The van der Waals surface area contributed by atoms with Crippen molar-refractivity contribution in [2.24, 2.45) is 0 Å². The Labute approximate surface area is 190 Å². The number of likely N-dealkylation sites (N-methyl/N-ethyl adjacent to an activating group) is 2. The zero-order valence-corrected chi connectivity index (χ0v) is 19.5. The smallest absolute Gasteiger partial charge is 0.0938 e. The molecule has 1 fully saturated rings. The number of pyridine rings is 2. The number of anilines is 2. The van der Waals surface area contributed by atoms with Gasteiger partial charge < -0.3 is 9.80 Å². The molecule has 0 bridgehead atoms. The molecule has 1 saturated carbocycles. The molecule has 0 amide bonds. The Kier molecular flexibility index (Phi) is 5.46. The average molecular weight is 425 g/mol. The number of aromatic nitrogens is 2. The Balaban J connectivity index is 1.54. The van der Waals surface area contributed by atoms with Gasteiger partial charge in [0.15, 0.2) is 0 Å². The minimum Gasteiger partial charge on any atom is -0.368 e. The molecule has 0 aliphatic heterocycles. The van der Waals surface area contributed by atoms with E-state index in [0.717, 1.165) is 22.4 Å². The van der Waals surface area contributed by atoms with Crippen LogP contribution in [0.4, 0.5) is 11.4 Å². The normalized spacial score (nSPS) is 18.8. The van der Waals surface area contributed by atoms with Gasteiger partial charge in [0.25, 0.3) is 0 Å². The van der Waals surface area contributed by atoms with Crippen LogP contribution in [-0.2, 0) is 0 Å². The van der Waals surface area contributed by atoms with Gasteiger partial charge in [0.1, 0.15) is 0 Å². The van der Waals surface area contributed by atoms with E-state index >= 15 is 0 Å². The molecule has 2 atom stereocenters. The van der Waals surface area contributed by atoms with E-state index in [9.17, 15) is 0 Å². The molecule has 4 aromatic rings. The van der Waals surface area contributed by atoms with Crippen molar-refractivity contribution >= 4 is 33.2 Å². The third-order valence-corrected chi connectivity index (χ3v) is 7.13. The van der Waals surface area contributed by atoms with Crippen LogP contribution in [0.5, 0.6) is 0 Å². The van der Waals surface area contributed by atoms with Crippen molar-refractivity contribution in [1.82, 2.24) is 9.97 Å². The van der Waals surface area contributed by atoms with Gasteiger partial charge in [-0.25, -0.2) is 0 Å². The summed E-state index contributed by atoms with van der Waals surface area (Å²) in [7, 11) is 4.50. The predicted octanol–water partition coefficient (Wildman–Crippen LogP) is 6.28. The molecule has 4 heteroatoms. The highest BCUT2D eigenvalue weighted by molar-refractivity contribution is 5.92. The molecule has 2 aromatic carbocycles. The summed E-state index contributed by atoms with van der Waals surface area (Å²) in [4.78, 5) is 14.8. The van der Waals surface area contributed by atoms with Crippen LogP contribution < -0.4 is 9.80 Å². The number of para-hydroxylation sites is 2. The highest BCUT2D eigenvalue weighted by Crippen LogP contribution is 2.35. The third kappa shape index (κ3) is 3.68. The van der Waals surface area contributed by atoms with Crippen molar-refractivity contribution in [3.05, 3.63) is 72.1 Å². The fourth-order valence-electron chi connectivity index (χ4n) is 5.38. The van der Waals surface area contributed by atoms with E-state index in [2.05, 4.69) is 98.4 Å². The number of rotatable bonds is 4. The lowest BCUT2D eigenvalue weighted by Crippen LogP contribution is -2.51. The molecule has 0 radical (unpaired) electrons. The first-order valence-electron chi connectivity index (χ1n) is 11.7. The zero-order chi connectivity index (χ0) is 22.2. The summed E-state index contributed by atoms with van der Waals surface area (Å²) in [5, 5.41) is 2.41. The van der Waals surface area contributed by atoms with Crippen LogP contribution in [0.1, 0.15) is 37.1 Å². The average Bonchev–Trinajstić information content (AvgIpc) is 2.82. The molecule has 5 rings (SSSR count). The molecule has 0 saturated heterocycles. The maximum atomic E-state index is 4.90. The SMILES string of the molecule is Cc1ccc2cccc(N(C)C3CCCCC3N(C)c3cccc4ccc(C)nc34)c2n1. The molecule has 0 N–H and O–H groups in total. The van der Waals surface area contributed by atoms with Gasteiger partial charge in [-0.15, -0.1) is 0 Å². The lowest BCUT2D eigenvalue weighted by atomic mass is 9.87.